The van der Waals surface area contributed by atoms with Crippen molar-refractivity contribution in [2.45, 2.75) is 63.5 Å². The second-order valence-electron chi connectivity index (χ2n) is 10.6. The first-order chi connectivity index (χ1) is 21.0. The summed E-state index contributed by atoms with van der Waals surface area (Å²) in [4.78, 5) is 28.5. The van der Waals surface area contributed by atoms with E-state index in [1.165, 1.54) is 56.9 Å². The Morgan fingerprint density at radius 1 is 0.818 bits per heavy atom. The molecular formula is C28H34Cl4N9O2P. The lowest BCUT2D eigenvalue weighted by atomic mass is 10.2. The van der Waals surface area contributed by atoms with Crippen LogP contribution < -0.4 is 10.5 Å². The molecule has 7 rings (SSSR count). The maximum absolute atomic E-state index is 11.5. The van der Waals surface area contributed by atoms with E-state index in [4.69, 9.17) is 11.6 Å². The van der Waals surface area contributed by atoms with E-state index in [-0.39, 0.29) is 5.56 Å². The van der Waals surface area contributed by atoms with E-state index in [0.717, 1.165) is 23.9 Å². The summed E-state index contributed by atoms with van der Waals surface area (Å²) in [5.41, 5.74) is 2.72. The van der Waals surface area contributed by atoms with Crippen LogP contribution in [0, 0.1) is 0 Å². The number of anilines is 1. The van der Waals surface area contributed by atoms with Crippen molar-refractivity contribution in [3.63, 3.8) is 0 Å². The van der Waals surface area contributed by atoms with Gasteiger partial charge in [0.05, 0.1) is 36.2 Å². The molecule has 2 aliphatic carbocycles. The molecule has 0 aliphatic heterocycles. The lowest BCUT2D eigenvalue weighted by Gasteiger charge is -2.10. The SMILES string of the molecule is CN(C)c1ccccc1.Clc1ncnc2c1cnn2C1CCCC1.O=P(Cl)(Cl)Cl.O=c1[nH]cnc2c1cnn2C1CCCC1. The molecule has 44 heavy (non-hydrogen) atoms. The molecule has 0 atom stereocenters. The number of rotatable bonds is 3. The molecule has 11 nitrogen and oxygen atoms in total. The van der Waals surface area contributed by atoms with E-state index < -0.39 is 5.20 Å². The Labute approximate surface area is 274 Å². The third-order valence-corrected chi connectivity index (χ3v) is 7.65. The van der Waals surface area contributed by atoms with Crippen LogP contribution in [0.15, 0.2) is 60.2 Å². The molecule has 1 aromatic carbocycles. The quantitative estimate of drug-likeness (QED) is 0.147. The van der Waals surface area contributed by atoms with Gasteiger partial charge in [-0.15, -0.1) is 0 Å². The van der Waals surface area contributed by atoms with Crippen LogP contribution in [-0.2, 0) is 4.57 Å². The highest BCUT2D eigenvalue weighted by Crippen LogP contribution is 2.61. The average Bonchev–Trinajstić information content (AvgIpc) is 3.80. The Balaban J connectivity index is 0.000000144. The van der Waals surface area contributed by atoms with Crippen LogP contribution in [0.2, 0.25) is 5.15 Å². The maximum Gasteiger partial charge on any atom is 0.339 e. The number of hydrogen-bond donors (Lipinski definition) is 1. The summed E-state index contributed by atoms with van der Waals surface area (Å²) >= 11 is 19.8. The van der Waals surface area contributed by atoms with Gasteiger partial charge in [-0.25, -0.2) is 24.3 Å². The van der Waals surface area contributed by atoms with Crippen molar-refractivity contribution in [1.29, 1.82) is 0 Å². The first-order valence-electron chi connectivity index (χ1n) is 14.2. The largest absolute Gasteiger partial charge is 0.378 e. The number of nitrogens with one attached hydrogen (secondary N) is 1. The summed E-state index contributed by atoms with van der Waals surface area (Å²) in [6.45, 7) is 0. The molecule has 236 valence electrons. The Morgan fingerprint density at radius 2 is 1.32 bits per heavy atom. The number of aromatic amines is 1. The van der Waals surface area contributed by atoms with E-state index in [2.05, 4.69) is 80.9 Å². The first-order valence-corrected chi connectivity index (χ1v) is 19.0. The van der Waals surface area contributed by atoms with E-state index in [0.29, 0.717) is 28.3 Å². The number of benzene rings is 1. The van der Waals surface area contributed by atoms with Crippen molar-refractivity contribution >= 4 is 78.3 Å². The van der Waals surface area contributed by atoms with Gasteiger partial charge in [0, 0.05) is 19.8 Å². The number of halogens is 4. The Hall–Kier alpha value is -2.69. The molecule has 0 amide bonds. The van der Waals surface area contributed by atoms with Gasteiger partial charge in [0.1, 0.15) is 16.9 Å². The minimum Gasteiger partial charge on any atom is -0.378 e. The van der Waals surface area contributed by atoms with Crippen molar-refractivity contribution in [2.24, 2.45) is 0 Å². The highest BCUT2D eigenvalue weighted by Gasteiger charge is 2.21. The zero-order valence-electron chi connectivity index (χ0n) is 24.4. The van der Waals surface area contributed by atoms with Gasteiger partial charge in [-0.1, -0.05) is 55.5 Å². The molecule has 0 spiro atoms. The van der Waals surface area contributed by atoms with Crippen LogP contribution >= 0.6 is 50.5 Å². The fourth-order valence-electron chi connectivity index (χ4n) is 5.27. The molecule has 2 saturated carbocycles. The summed E-state index contributed by atoms with van der Waals surface area (Å²) in [5.74, 6) is 0. The summed E-state index contributed by atoms with van der Waals surface area (Å²) in [6.07, 6.45) is 16.0. The maximum atomic E-state index is 11.5. The molecule has 16 heteroatoms. The number of aromatic nitrogens is 8. The predicted octanol–water partition coefficient (Wildman–Crippen LogP) is 8.39. The van der Waals surface area contributed by atoms with Crippen LogP contribution in [0.5, 0.6) is 0 Å². The lowest BCUT2D eigenvalue weighted by molar-refractivity contribution is 0.478. The molecule has 2 aliphatic rings. The van der Waals surface area contributed by atoms with Crippen molar-refractivity contribution in [1.82, 2.24) is 39.5 Å². The Kier molecular flexibility index (Phi) is 12.5. The standard InChI is InChI=1S/C10H11ClN4.C10H12N4O.C8H11N.Cl3OP/c11-9-8-5-14-15(7-3-1-2-4-7)10(8)13-6-12-9;15-10-8-5-13-14(7-3-1-2-4-7)9(8)11-6-12-10;1-9(2)8-6-4-3-5-7-8;1-5(2,3)4/h5-7H,1-4H2;5-7H,1-4H2,(H,11,12,15);3-7H,1-2H3;. The number of H-pyrrole nitrogens is 1. The van der Waals surface area contributed by atoms with Crippen LogP contribution in [0.1, 0.15) is 63.5 Å². The normalized spacial score (nSPS) is 15.2. The van der Waals surface area contributed by atoms with Crippen LogP contribution in [0.4, 0.5) is 5.69 Å². The Morgan fingerprint density at radius 3 is 1.82 bits per heavy atom. The molecule has 2 fully saturated rings. The number of hydrogen-bond acceptors (Lipinski definition) is 8. The first kappa shape index (κ1) is 34.2. The van der Waals surface area contributed by atoms with E-state index >= 15 is 0 Å². The van der Waals surface area contributed by atoms with Gasteiger partial charge in [0.25, 0.3) is 5.56 Å². The fourth-order valence-corrected chi connectivity index (χ4v) is 5.44. The average molecular weight is 701 g/mol. The fraction of sp³-hybridized carbons (Fsp3) is 0.429. The van der Waals surface area contributed by atoms with E-state index in [1.54, 1.807) is 12.4 Å². The topological polar surface area (TPSA) is 127 Å². The molecule has 1 N–H and O–H groups in total. The number of nitrogens with zero attached hydrogens (tertiary/aromatic N) is 8. The monoisotopic (exact) mass is 699 g/mol. The van der Waals surface area contributed by atoms with Gasteiger partial charge in [0.2, 0.25) is 0 Å². The minimum atomic E-state index is -3.22. The highest BCUT2D eigenvalue weighted by atomic mass is 36.0. The van der Waals surface area contributed by atoms with Crippen LogP contribution in [0.25, 0.3) is 22.1 Å². The third-order valence-electron chi connectivity index (χ3n) is 7.35. The molecule has 0 unspecified atom stereocenters. The third kappa shape index (κ3) is 9.65. The highest BCUT2D eigenvalue weighted by molar-refractivity contribution is 8.24. The van der Waals surface area contributed by atoms with Crippen LogP contribution in [-0.4, -0.2) is 53.6 Å². The molecule has 4 heterocycles. The van der Waals surface area contributed by atoms with Crippen molar-refractivity contribution in [2.75, 3.05) is 19.0 Å². The van der Waals surface area contributed by atoms with Crippen molar-refractivity contribution in [3.05, 3.63) is 70.9 Å². The smallest absolute Gasteiger partial charge is 0.339 e. The molecule has 0 bridgehead atoms. The van der Waals surface area contributed by atoms with E-state index in [9.17, 15) is 9.36 Å². The summed E-state index contributed by atoms with van der Waals surface area (Å²) in [6, 6.07) is 11.2. The molecule has 4 aromatic heterocycles. The second-order valence-corrected chi connectivity index (χ2v) is 17.6. The number of fused-ring (bicyclic) bond motifs is 2. The van der Waals surface area contributed by atoms with Gasteiger partial charge in [-0.05, 0) is 71.5 Å². The van der Waals surface area contributed by atoms with Crippen molar-refractivity contribution in [3.8, 4) is 0 Å². The van der Waals surface area contributed by atoms with Gasteiger partial charge in [0.15, 0.2) is 11.3 Å². The molecular weight excluding hydrogens is 667 g/mol. The van der Waals surface area contributed by atoms with Gasteiger partial charge in [-0.2, -0.15) is 10.2 Å². The van der Waals surface area contributed by atoms with Crippen LogP contribution in [0.3, 0.4) is 0 Å². The summed E-state index contributed by atoms with van der Waals surface area (Å²) < 4.78 is 13.4. The molecule has 0 radical (unpaired) electrons. The molecule has 0 saturated heterocycles. The zero-order chi connectivity index (χ0) is 31.7. The predicted molar refractivity (Wildman–Crippen MR) is 179 cm³/mol. The van der Waals surface area contributed by atoms with Gasteiger partial charge >= 0.3 is 5.20 Å². The molecule has 5 aromatic rings. The lowest BCUT2D eigenvalue weighted by Crippen LogP contribution is -2.10. The van der Waals surface area contributed by atoms with Crippen molar-refractivity contribution < 1.29 is 4.57 Å². The number of para-hydroxylation sites is 1. The minimum absolute atomic E-state index is 0.107. The summed E-state index contributed by atoms with van der Waals surface area (Å²) in [7, 11) is 4.07. The second kappa shape index (κ2) is 16.0. The van der Waals surface area contributed by atoms with Gasteiger partial charge < -0.3 is 9.88 Å². The zero-order valence-corrected chi connectivity index (χ0v) is 28.3. The van der Waals surface area contributed by atoms with E-state index in [1.807, 2.05) is 41.7 Å². The Bertz CT molecular complexity index is 1720. The summed E-state index contributed by atoms with van der Waals surface area (Å²) in [5, 5.41) is 7.35. The van der Waals surface area contributed by atoms with Gasteiger partial charge in [-0.3, -0.25) is 9.36 Å².